The van der Waals surface area contributed by atoms with E-state index in [1.54, 1.807) is 0 Å². The van der Waals surface area contributed by atoms with Crippen LogP contribution >= 0.6 is 0 Å². The molecule has 0 aliphatic rings. The van der Waals surface area contributed by atoms with Crippen LogP contribution < -0.4 is 4.74 Å². The van der Waals surface area contributed by atoms with E-state index in [0.29, 0.717) is 13.2 Å². The summed E-state index contributed by atoms with van der Waals surface area (Å²) in [5.41, 5.74) is 0.833. The Labute approximate surface area is 125 Å². The molecule has 0 saturated heterocycles. The molecule has 0 radical (unpaired) electrons. The highest BCUT2D eigenvalue weighted by molar-refractivity contribution is 5.83. The summed E-state index contributed by atoms with van der Waals surface area (Å²) in [4.78, 5) is 24.4. The summed E-state index contributed by atoms with van der Waals surface area (Å²) >= 11 is 0. The molecule has 0 fully saturated rings. The number of nitrogens with zero attached hydrogens (tertiary/aromatic N) is 1. The van der Waals surface area contributed by atoms with Crippen LogP contribution in [-0.4, -0.2) is 41.6 Å². The molecule has 0 aromatic heterocycles. The van der Waals surface area contributed by atoms with Crippen LogP contribution in [0.5, 0.6) is 5.75 Å². The summed E-state index contributed by atoms with van der Waals surface area (Å²) < 4.78 is 5.53. The molecule has 0 saturated carbocycles. The lowest BCUT2D eigenvalue weighted by Gasteiger charge is -2.20. The van der Waals surface area contributed by atoms with Gasteiger partial charge in [-0.3, -0.25) is 9.59 Å². The molecule has 116 valence electrons. The molecule has 21 heavy (non-hydrogen) atoms. The highest BCUT2D eigenvalue weighted by Gasteiger charge is 2.16. The minimum Gasteiger partial charge on any atom is -0.494 e. The number of carbonyl (C=O) groups is 2. The molecule has 5 nitrogen and oxygen atoms in total. The molecule has 0 unspecified atom stereocenters. The zero-order valence-electron chi connectivity index (χ0n) is 12.7. The van der Waals surface area contributed by atoms with Crippen molar-refractivity contribution in [2.75, 3.05) is 19.7 Å². The van der Waals surface area contributed by atoms with Crippen molar-refractivity contribution in [3.8, 4) is 5.75 Å². The van der Waals surface area contributed by atoms with Crippen LogP contribution in [0.1, 0.15) is 32.3 Å². The number of aliphatic carboxylic acids is 1. The van der Waals surface area contributed by atoms with Crippen LogP contribution in [0, 0.1) is 0 Å². The Morgan fingerprint density at radius 1 is 1.24 bits per heavy atom. The number of benzene rings is 1. The maximum atomic E-state index is 12.2. The van der Waals surface area contributed by atoms with Gasteiger partial charge in [0.1, 0.15) is 12.3 Å². The lowest BCUT2D eigenvalue weighted by molar-refractivity contribution is -0.144. The summed E-state index contributed by atoms with van der Waals surface area (Å²) in [5, 5.41) is 8.85. The predicted molar refractivity (Wildman–Crippen MR) is 80.4 cm³/mol. The van der Waals surface area contributed by atoms with Crippen molar-refractivity contribution in [3.63, 3.8) is 0 Å². The summed E-state index contributed by atoms with van der Waals surface area (Å²) in [6.07, 6.45) is 1.85. The SMILES string of the molecule is CCCOc1cccc(CC(=O)N(CCC)CC(=O)O)c1. The van der Waals surface area contributed by atoms with Crippen LogP contribution in [0.25, 0.3) is 0 Å². The van der Waals surface area contributed by atoms with Crippen LogP contribution in [0.3, 0.4) is 0 Å². The highest BCUT2D eigenvalue weighted by Crippen LogP contribution is 2.15. The van der Waals surface area contributed by atoms with Gasteiger partial charge < -0.3 is 14.7 Å². The van der Waals surface area contributed by atoms with Crippen LogP contribution in [0.4, 0.5) is 0 Å². The third-order valence-corrected chi connectivity index (χ3v) is 2.90. The summed E-state index contributed by atoms with van der Waals surface area (Å²) in [5.74, 6) is -0.425. The van der Waals surface area contributed by atoms with E-state index in [2.05, 4.69) is 0 Å². The largest absolute Gasteiger partial charge is 0.494 e. The van der Waals surface area contributed by atoms with Crippen LogP contribution in [-0.2, 0) is 16.0 Å². The molecule has 1 aromatic carbocycles. The monoisotopic (exact) mass is 293 g/mol. The van der Waals surface area contributed by atoms with Crippen LogP contribution in [0.2, 0.25) is 0 Å². The Morgan fingerprint density at radius 3 is 2.62 bits per heavy atom. The summed E-state index contributed by atoms with van der Waals surface area (Å²) in [7, 11) is 0. The Balaban J connectivity index is 2.69. The second kappa shape index (κ2) is 9.00. The third-order valence-electron chi connectivity index (χ3n) is 2.90. The molecule has 0 aliphatic carbocycles. The number of ether oxygens (including phenoxy) is 1. The first-order chi connectivity index (χ1) is 10.1. The van der Waals surface area contributed by atoms with Crippen molar-refractivity contribution in [2.24, 2.45) is 0 Å². The van der Waals surface area contributed by atoms with Crippen molar-refractivity contribution in [3.05, 3.63) is 29.8 Å². The Kier molecular flexibility index (Phi) is 7.29. The van der Waals surface area contributed by atoms with Gasteiger partial charge in [0.15, 0.2) is 0 Å². The molecular weight excluding hydrogens is 270 g/mol. The van der Waals surface area contributed by atoms with E-state index in [-0.39, 0.29) is 18.9 Å². The fourth-order valence-corrected chi connectivity index (χ4v) is 1.98. The van der Waals surface area contributed by atoms with E-state index in [0.717, 1.165) is 24.2 Å². The maximum Gasteiger partial charge on any atom is 0.323 e. The molecule has 5 heteroatoms. The normalized spacial score (nSPS) is 10.2. The molecule has 0 atom stereocenters. The molecule has 1 N–H and O–H groups in total. The molecule has 0 heterocycles. The van der Waals surface area contributed by atoms with Gasteiger partial charge in [0.05, 0.1) is 13.0 Å². The van der Waals surface area contributed by atoms with Crippen molar-refractivity contribution in [1.82, 2.24) is 4.90 Å². The van der Waals surface area contributed by atoms with E-state index < -0.39 is 5.97 Å². The van der Waals surface area contributed by atoms with E-state index in [1.807, 2.05) is 38.1 Å². The quantitative estimate of drug-likeness (QED) is 0.759. The van der Waals surface area contributed by atoms with Gasteiger partial charge in [0.25, 0.3) is 0 Å². The minimum atomic E-state index is -0.989. The number of carboxylic acids is 1. The highest BCUT2D eigenvalue weighted by atomic mass is 16.5. The average Bonchev–Trinajstić information content (AvgIpc) is 2.44. The van der Waals surface area contributed by atoms with Gasteiger partial charge in [0, 0.05) is 6.54 Å². The molecule has 0 bridgehead atoms. The van der Waals surface area contributed by atoms with Crippen molar-refractivity contribution < 1.29 is 19.4 Å². The van der Waals surface area contributed by atoms with E-state index in [4.69, 9.17) is 9.84 Å². The fourth-order valence-electron chi connectivity index (χ4n) is 1.98. The Hall–Kier alpha value is -2.04. The van der Waals surface area contributed by atoms with Gasteiger partial charge in [-0.1, -0.05) is 26.0 Å². The number of hydrogen-bond acceptors (Lipinski definition) is 3. The lowest BCUT2D eigenvalue weighted by Crippen LogP contribution is -2.37. The zero-order chi connectivity index (χ0) is 15.7. The summed E-state index contributed by atoms with van der Waals surface area (Å²) in [6, 6.07) is 7.37. The molecular formula is C16H23NO4. The molecule has 1 amide bonds. The van der Waals surface area contributed by atoms with E-state index >= 15 is 0 Å². The second-order valence-corrected chi connectivity index (χ2v) is 4.88. The third kappa shape index (κ3) is 6.29. The smallest absolute Gasteiger partial charge is 0.323 e. The van der Waals surface area contributed by atoms with E-state index in [9.17, 15) is 9.59 Å². The van der Waals surface area contributed by atoms with Gasteiger partial charge in [-0.15, -0.1) is 0 Å². The second-order valence-electron chi connectivity index (χ2n) is 4.88. The first kappa shape index (κ1) is 17.0. The number of amides is 1. The zero-order valence-corrected chi connectivity index (χ0v) is 12.7. The van der Waals surface area contributed by atoms with Crippen LogP contribution in [0.15, 0.2) is 24.3 Å². The number of hydrogen-bond donors (Lipinski definition) is 1. The van der Waals surface area contributed by atoms with Crippen molar-refractivity contribution >= 4 is 11.9 Å². The number of carboxylic acid groups (broad SMARTS) is 1. The Morgan fingerprint density at radius 2 is 2.00 bits per heavy atom. The van der Waals surface area contributed by atoms with Gasteiger partial charge >= 0.3 is 5.97 Å². The molecule has 0 aliphatic heterocycles. The Bertz CT molecular complexity index is 473. The number of carbonyl (C=O) groups excluding carboxylic acids is 1. The topological polar surface area (TPSA) is 66.8 Å². The van der Waals surface area contributed by atoms with Crippen molar-refractivity contribution in [1.29, 1.82) is 0 Å². The first-order valence-corrected chi connectivity index (χ1v) is 7.28. The average molecular weight is 293 g/mol. The van der Waals surface area contributed by atoms with Gasteiger partial charge in [-0.05, 0) is 30.5 Å². The minimum absolute atomic E-state index is 0.174. The van der Waals surface area contributed by atoms with Gasteiger partial charge in [0.2, 0.25) is 5.91 Å². The lowest BCUT2D eigenvalue weighted by atomic mass is 10.1. The molecule has 1 aromatic rings. The predicted octanol–water partition coefficient (Wildman–Crippen LogP) is 2.34. The standard InChI is InChI=1S/C16H23NO4/c1-3-8-17(12-16(19)20)15(18)11-13-6-5-7-14(10-13)21-9-4-2/h5-7,10H,3-4,8-9,11-12H2,1-2H3,(H,19,20). The fraction of sp³-hybridized carbons (Fsp3) is 0.500. The van der Waals surface area contributed by atoms with Gasteiger partial charge in [-0.25, -0.2) is 0 Å². The summed E-state index contributed by atoms with van der Waals surface area (Å²) in [6.45, 7) is 4.79. The first-order valence-electron chi connectivity index (χ1n) is 7.28. The molecule has 1 rings (SSSR count). The van der Waals surface area contributed by atoms with E-state index in [1.165, 1.54) is 4.90 Å². The van der Waals surface area contributed by atoms with Gasteiger partial charge in [-0.2, -0.15) is 0 Å². The molecule has 0 spiro atoms. The number of rotatable bonds is 9. The maximum absolute atomic E-state index is 12.2. The van der Waals surface area contributed by atoms with Crippen molar-refractivity contribution in [2.45, 2.75) is 33.1 Å².